The summed E-state index contributed by atoms with van der Waals surface area (Å²) in [6, 6.07) is 5.72. The van der Waals surface area contributed by atoms with Crippen molar-refractivity contribution in [2.24, 2.45) is 0 Å². The van der Waals surface area contributed by atoms with Crippen LogP contribution in [0.15, 0.2) is 30.0 Å². The highest BCUT2D eigenvalue weighted by Crippen LogP contribution is 2.36. The molecule has 0 aromatic heterocycles. The fourth-order valence-corrected chi connectivity index (χ4v) is 2.85. The van der Waals surface area contributed by atoms with Crippen LogP contribution in [0.2, 0.25) is 0 Å². The smallest absolute Gasteiger partial charge is 0.419 e. The zero-order chi connectivity index (χ0) is 20.9. The van der Waals surface area contributed by atoms with Gasteiger partial charge in [0.05, 0.1) is 11.2 Å². The normalized spacial score (nSPS) is 22.5. The topological polar surface area (TPSA) is 83.1 Å². The van der Waals surface area contributed by atoms with E-state index in [-0.39, 0.29) is 5.57 Å². The van der Waals surface area contributed by atoms with Crippen LogP contribution in [-0.2, 0) is 28.4 Å². The minimum Gasteiger partial charge on any atom is -0.419 e. The van der Waals surface area contributed by atoms with Gasteiger partial charge < -0.3 is 24.1 Å². The number of anilines is 1. The molecule has 150 valence electrons. The first kappa shape index (κ1) is 20.4. The molecule has 2 saturated heterocycles. The number of aryl methyl sites for hydroxylation is 1. The maximum Gasteiger partial charge on any atom is 0.494 e. The molecule has 2 fully saturated rings. The number of carbonyl (C=O) groups excluding carboxylic acids is 2. The minimum absolute atomic E-state index is 0.195. The third-order valence-corrected chi connectivity index (χ3v) is 5.28. The van der Waals surface area contributed by atoms with Crippen molar-refractivity contribution in [3.8, 4) is 0 Å². The summed E-state index contributed by atoms with van der Waals surface area (Å²) in [5, 5.41) is 3.00. The predicted octanol–water partition coefficient (Wildman–Crippen LogP) is 2.43. The second-order valence-corrected chi connectivity index (χ2v) is 8.54. The highest BCUT2D eigenvalue weighted by molar-refractivity contribution is 6.62. The van der Waals surface area contributed by atoms with Crippen LogP contribution in [0.3, 0.4) is 0 Å². The van der Waals surface area contributed by atoms with E-state index in [0.29, 0.717) is 5.69 Å². The molecule has 1 N–H and O–H groups in total. The molecule has 0 bridgehead atoms. The standard InChI is InChI=1S/C20H26BNO6/c1-12-8-9-13(21-27-18(2,3)19(4,5)28-21)10-15(12)22-11-14-16(23)25-20(6,7)26-17(14)24/h8-11,22H,1-7H3. The summed E-state index contributed by atoms with van der Waals surface area (Å²) in [4.78, 5) is 24.1. The summed E-state index contributed by atoms with van der Waals surface area (Å²) in [7, 11) is -0.510. The van der Waals surface area contributed by atoms with Crippen LogP contribution in [0.5, 0.6) is 0 Å². The van der Waals surface area contributed by atoms with Crippen molar-refractivity contribution in [2.45, 2.75) is 65.5 Å². The third kappa shape index (κ3) is 3.79. The zero-order valence-corrected chi connectivity index (χ0v) is 17.3. The van der Waals surface area contributed by atoms with Gasteiger partial charge in [-0.15, -0.1) is 0 Å². The summed E-state index contributed by atoms with van der Waals surface area (Å²) in [6.07, 6.45) is 1.30. The lowest BCUT2D eigenvalue weighted by atomic mass is 9.78. The van der Waals surface area contributed by atoms with Gasteiger partial charge in [-0.3, -0.25) is 0 Å². The van der Waals surface area contributed by atoms with Crippen LogP contribution in [0.25, 0.3) is 0 Å². The van der Waals surface area contributed by atoms with Crippen LogP contribution >= 0.6 is 0 Å². The van der Waals surface area contributed by atoms with Gasteiger partial charge >= 0.3 is 19.1 Å². The van der Waals surface area contributed by atoms with E-state index in [4.69, 9.17) is 18.8 Å². The molecule has 0 saturated carbocycles. The second kappa shape index (κ2) is 6.63. The maximum absolute atomic E-state index is 12.1. The van der Waals surface area contributed by atoms with Crippen LogP contribution in [0, 0.1) is 6.92 Å². The van der Waals surface area contributed by atoms with Gasteiger partial charge in [-0.2, -0.15) is 0 Å². The Balaban J connectivity index is 1.82. The largest absolute Gasteiger partial charge is 0.494 e. The number of carbonyl (C=O) groups is 2. The monoisotopic (exact) mass is 387 g/mol. The van der Waals surface area contributed by atoms with Gasteiger partial charge in [0.15, 0.2) is 5.57 Å². The summed E-state index contributed by atoms with van der Waals surface area (Å²) < 4.78 is 22.4. The highest BCUT2D eigenvalue weighted by atomic mass is 16.7. The number of hydrogen-bond donors (Lipinski definition) is 1. The Kier molecular flexibility index (Phi) is 4.84. The van der Waals surface area contributed by atoms with Crippen molar-refractivity contribution in [3.05, 3.63) is 35.5 Å². The summed E-state index contributed by atoms with van der Waals surface area (Å²) in [5.74, 6) is -2.72. The molecule has 0 unspecified atom stereocenters. The molecule has 2 heterocycles. The maximum atomic E-state index is 12.1. The average molecular weight is 387 g/mol. The molecule has 8 heteroatoms. The number of esters is 2. The predicted molar refractivity (Wildman–Crippen MR) is 105 cm³/mol. The van der Waals surface area contributed by atoms with E-state index in [9.17, 15) is 9.59 Å². The molecule has 1 aromatic rings. The van der Waals surface area contributed by atoms with Gasteiger partial charge in [-0.1, -0.05) is 12.1 Å². The second-order valence-electron chi connectivity index (χ2n) is 8.54. The van der Waals surface area contributed by atoms with Gasteiger partial charge in [0, 0.05) is 25.7 Å². The molecule has 3 rings (SSSR count). The Morgan fingerprint density at radius 1 is 0.929 bits per heavy atom. The Labute approximate surface area is 165 Å². The molecule has 2 aliphatic rings. The highest BCUT2D eigenvalue weighted by Gasteiger charge is 2.51. The molecular formula is C20H26BNO6. The number of nitrogens with one attached hydrogen (secondary N) is 1. The first-order valence-corrected chi connectivity index (χ1v) is 9.21. The Bertz CT molecular complexity index is 820. The molecule has 0 amide bonds. The molecule has 0 aliphatic carbocycles. The molecule has 0 spiro atoms. The zero-order valence-electron chi connectivity index (χ0n) is 17.3. The number of hydrogen-bond acceptors (Lipinski definition) is 7. The van der Waals surface area contributed by atoms with Crippen molar-refractivity contribution in [3.63, 3.8) is 0 Å². The molecule has 0 radical (unpaired) electrons. The lowest BCUT2D eigenvalue weighted by molar-refractivity contribution is -0.222. The minimum atomic E-state index is -1.27. The van der Waals surface area contributed by atoms with E-state index in [1.54, 1.807) is 0 Å². The van der Waals surface area contributed by atoms with E-state index < -0.39 is 36.0 Å². The van der Waals surface area contributed by atoms with Crippen LogP contribution < -0.4 is 10.8 Å². The van der Waals surface area contributed by atoms with Crippen LogP contribution in [0.4, 0.5) is 5.69 Å². The Hall–Kier alpha value is -2.32. The Morgan fingerprint density at radius 2 is 1.46 bits per heavy atom. The van der Waals surface area contributed by atoms with Crippen molar-refractivity contribution >= 4 is 30.2 Å². The van der Waals surface area contributed by atoms with Gasteiger partial charge in [-0.25, -0.2) is 9.59 Å². The molecule has 7 nitrogen and oxygen atoms in total. The van der Waals surface area contributed by atoms with Crippen LogP contribution in [0.1, 0.15) is 47.1 Å². The molecular weight excluding hydrogens is 361 g/mol. The van der Waals surface area contributed by atoms with Gasteiger partial charge in [0.2, 0.25) is 0 Å². The number of ether oxygens (including phenoxy) is 2. The molecule has 28 heavy (non-hydrogen) atoms. The van der Waals surface area contributed by atoms with Crippen molar-refractivity contribution in [2.75, 3.05) is 5.32 Å². The number of benzene rings is 1. The van der Waals surface area contributed by atoms with Crippen molar-refractivity contribution < 1.29 is 28.4 Å². The van der Waals surface area contributed by atoms with E-state index >= 15 is 0 Å². The van der Waals surface area contributed by atoms with Crippen molar-refractivity contribution in [1.29, 1.82) is 0 Å². The third-order valence-electron chi connectivity index (χ3n) is 5.28. The fraction of sp³-hybridized carbons (Fsp3) is 0.500. The van der Waals surface area contributed by atoms with Gasteiger partial charge in [0.1, 0.15) is 0 Å². The van der Waals surface area contributed by atoms with E-state index in [2.05, 4.69) is 5.32 Å². The van der Waals surface area contributed by atoms with E-state index in [0.717, 1.165) is 11.0 Å². The quantitative estimate of drug-likeness (QED) is 0.369. The lowest BCUT2D eigenvalue weighted by Crippen LogP contribution is -2.42. The van der Waals surface area contributed by atoms with Gasteiger partial charge in [0.25, 0.3) is 5.79 Å². The average Bonchev–Trinajstić information content (AvgIpc) is 2.75. The number of cyclic esters (lactones) is 2. The summed E-state index contributed by atoms with van der Waals surface area (Å²) in [5.41, 5.74) is 1.39. The van der Waals surface area contributed by atoms with Gasteiger partial charge in [-0.05, 0) is 51.7 Å². The SMILES string of the molecule is Cc1ccc(B2OC(C)(C)C(C)(C)O2)cc1NC=C1C(=O)OC(C)(C)OC1=O. The molecule has 0 atom stereocenters. The Morgan fingerprint density at radius 3 is 2.00 bits per heavy atom. The van der Waals surface area contributed by atoms with Crippen molar-refractivity contribution in [1.82, 2.24) is 0 Å². The number of rotatable bonds is 3. The molecule has 1 aromatic carbocycles. The summed E-state index contributed by atoms with van der Waals surface area (Å²) >= 11 is 0. The first-order valence-electron chi connectivity index (χ1n) is 9.21. The van der Waals surface area contributed by atoms with E-state index in [1.165, 1.54) is 20.0 Å². The fourth-order valence-electron chi connectivity index (χ4n) is 2.85. The van der Waals surface area contributed by atoms with Crippen LogP contribution in [-0.4, -0.2) is 36.0 Å². The van der Waals surface area contributed by atoms with E-state index in [1.807, 2.05) is 52.8 Å². The molecule has 2 aliphatic heterocycles. The summed E-state index contributed by atoms with van der Waals surface area (Å²) in [6.45, 7) is 12.9. The lowest BCUT2D eigenvalue weighted by Gasteiger charge is -2.32. The first-order chi connectivity index (χ1) is 12.8.